The van der Waals surface area contributed by atoms with E-state index in [1.165, 1.54) is 5.56 Å². The third-order valence-corrected chi connectivity index (χ3v) is 4.86. The molecule has 0 bridgehead atoms. The standard InChI is InChI=1S/C19H19ClN4O/c20-17-5-3-14(4-6-17)13-24-10-7-15(8-11-24)18-22-23-19(25-18)16-2-1-9-21-12-16/h1-6,9,12,15H,7-8,10-11,13H2. The first kappa shape index (κ1) is 16.2. The van der Waals surface area contributed by atoms with Crippen molar-refractivity contribution in [2.24, 2.45) is 0 Å². The molecule has 128 valence electrons. The SMILES string of the molecule is Clc1ccc(CN2CCC(c3nnc(-c4cccnc4)o3)CC2)cc1. The number of piperidine rings is 1. The molecular weight excluding hydrogens is 336 g/mol. The minimum Gasteiger partial charge on any atom is -0.420 e. The van der Waals surface area contributed by atoms with Gasteiger partial charge < -0.3 is 4.42 Å². The molecule has 1 aromatic carbocycles. The fraction of sp³-hybridized carbons (Fsp3) is 0.316. The predicted octanol–water partition coefficient (Wildman–Crippen LogP) is 4.16. The van der Waals surface area contributed by atoms with Crippen LogP contribution in [0.4, 0.5) is 0 Å². The van der Waals surface area contributed by atoms with E-state index < -0.39 is 0 Å². The number of likely N-dealkylation sites (tertiary alicyclic amines) is 1. The first-order valence-electron chi connectivity index (χ1n) is 8.48. The average molecular weight is 355 g/mol. The maximum atomic E-state index is 5.95. The van der Waals surface area contributed by atoms with Gasteiger partial charge in [-0.1, -0.05) is 23.7 Å². The molecule has 0 spiro atoms. The van der Waals surface area contributed by atoms with Crippen molar-refractivity contribution in [3.05, 3.63) is 65.3 Å². The first-order valence-corrected chi connectivity index (χ1v) is 8.86. The second kappa shape index (κ2) is 7.33. The van der Waals surface area contributed by atoms with E-state index in [9.17, 15) is 0 Å². The summed E-state index contributed by atoms with van der Waals surface area (Å²) in [5.41, 5.74) is 2.15. The molecule has 0 saturated carbocycles. The molecule has 0 unspecified atom stereocenters. The normalized spacial score (nSPS) is 16.2. The summed E-state index contributed by atoms with van der Waals surface area (Å²) in [6.07, 6.45) is 5.54. The van der Waals surface area contributed by atoms with Crippen molar-refractivity contribution in [3.63, 3.8) is 0 Å². The summed E-state index contributed by atoms with van der Waals surface area (Å²) in [6.45, 7) is 3.00. The lowest BCUT2D eigenvalue weighted by Crippen LogP contribution is -2.32. The molecule has 0 atom stereocenters. The van der Waals surface area contributed by atoms with Crippen LogP contribution in [0.5, 0.6) is 0 Å². The van der Waals surface area contributed by atoms with Crippen LogP contribution >= 0.6 is 11.6 Å². The molecular formula is C19H19ClN4O. The molecule has 6 heteroatoms. The largest absolute Gasteiger partial charge is 0.420 e. The zero-order valence-electron chi connectivity index (χ0n) is 13.8. The summed E-state index contributed by atoms with van der Waals surface area (Å²) in [5, 5.41) is 9.21. The number of pyridine rings is 1. The van der Waals surface area contributed by atoms with Gasteiger partial charge in [0.1, 0.15) is 0 Å². The van der Waals surface area contributed by atoms with E-state index in [0.29, 0.717) is 11.8 Å². The van der Waals surface area contributed by atoms with Crippen LogP contribution < -0.4 is 0 Å². The van der Waals surface area contributed by atoms with Crippen LogP contribution in [0.2, 0.25) is 5.02 Å². The number of halogens is 1. The van der Waals surface area contributed by atoms with Gasteiger partial charge in [-0.2, -0.15) is 0 Å². The molecule has 0 radical (unpaired) electrons. The fourth-order valence-corrected chi connectivity index (χ4v) is 3.32. The summed E-state index contributed by atoms with van der Waals surface area (Å²) < 4.78 is 5.88. The van der Waals surface area contributed by atoms with Crippen molar-refractivity contribution in [2.45, 2.75) is 25.3 Å². The fourth-order valence-electron chi connectivity index (χ4n) is 3.19. The minimum atomic E-state index is 0.333. The number of hydrogen-bond acceptors (Lipinski definition) is 5. The number of rotatable bonds is 4. The van der Waals surface area contributed by atoms with Gasteiger partial charge in [0.2, 0.25) is 11.8 Å². The van der Waals surface area contributed by atoms with E-state index in [-0.39, 0.29) is 0 Å². The van der Waals surface area contributed by atoms with E-state index in [4.69, 9.17) is 16.0 Å². The maximum absolute atomic E-state index is 5.95. The van der Waals surface area contributed by atoms with Gasteiger partial charge in [-0.15, -0.1) is 10.2 Å². The van der Waals surface area contributed by atoms with Crippen LogP contribution in [0.15, 0.2) is 53.2 Å². The summed E-state index contributed by atoms with van der Waals surface area (Å²) in [7, 11) is 0. The maximum Gasteiger partial charge on any atom is 0.249 e. The van der Waals surface area contributed by atoms with E-state index in [0.717, 1.165) is 49.0 Å². The van der Waals surface area contributed by atoms with Gasteiger partial charge in [-0.3, -0.25) is 9.88 Å². The molecule has 5 nitrogen and oxygen atoms in total. The topological polar surface area (TPSA) is 55.1 Å². The Morgan fingerprint density at radius 2 is 1.88 bits per heavy atom. The average Bonchev–Trinajstić information content (AvgIpc) is 3.15. The molecule has 25 heavy (non-hydrogen) atoms. The van der Waals surface area contributed by atoms with E-state index in [2.05, 4.69) is 32.2 Å². The Labute approximate surface area is 151 Å². The monoisotopic (exact) mass is 354 g/mol. The van der Waals surface area contributed by atoms with Crippen molar-refractivity contribution >= 4 is 11.6 Å². The van der Waals surface area contributed by atoms with Gasteiger partial charge in [-0.25, -0.2) is 0 Å². The third-order valence-electron chi connectivity index (χ3n) is 4.61. The van der Waals surface area contributed by atoms with Crippen molar-refractivity contribution in [1.29, 1.82) is 0 Å². The van der Waals surface area contributed by atoms with Gasteiger partial charge in [0.15, 0.2) is 0 Å². The van der Waals surface area contributed by atoms with Crippen LogP contribution in [0, 0.1) is 0 Å². The highest BCUT2D eigenvalue weighted by molar-refractivity contribution is 6.30. The number of nitrogens with zero attached hydrogens (tertiary/aromatic N) is 4. The van der Waals surface area contributed by atoms with Crippen molar-refractivity contribution in [1.82, 2.24) is 20.1 Å². The molecule has 1 aliphatic rings. The predicted molar refractivity (Wildman–Crippen MR) is 96.2 cm³/mol. The molecule has 1 saturated heterocycles. The highest BCUT2D eigenvalue weighted by atomic mass is 35.5. The summed E-state index contributed by atoms with van der Waals surface area (Å²) in [4.78, 5) is 6.55. The number of hydrogen-bond donors (Lipinski definition) is 0. The van der Waals surface area contributed by atoms with Crippen molar-refractivity contribution in [2.75, 3.05) is 13.1 Å². The molecule has 4 rings (SSSR count). The van der Waals surface area contributed by atoms with Gasteiger partial charge in [0, 0.05) is 29.9 Å². The zero-order valence-corrected chi connectivity index (χ0v) is 14.6. The zero-order chi connectivity index (χ0) is 17.1. The van der Waals surface area contributed by atoms with Crippen LogP contribution in [0.3, 0.4) is 0 Å². The number of aromatic nitrogens is 3. The third kappa shape index (κ3) is 3.89. The highest BCUT2D eigenvalue weighted by Gasteiger charge is 2.25. The molecule has 2 aromatic heterocycles. The van der Waals surface area contributed by atoms with Gasteiger partial charge in [0.25, 0.3) is 0 Å². The second-order valence-electron chi connectivity index (χ2n) is 6.36. The highest BCUT2D eigenvalue weighted by Crippen LogP contribution is 2.29. The lowest BCUT2D eigenvalue weighted by atomic mass is 9.96. The van der Waals surface area contributed by atoms with Crippen LogP contribution in [-0.2, 0) is 6.54 Å². The minimum absolute atomic E-state index is 0.333. The Hall–Kier alpha value is -2.24. The van der Waals surface area contributed by atoms with Gasteiger partial charge in [0.05, 0.1) is 5.56 Å². The van der Waals surface area contributed by atoms with E-state index in [1.807, 2.05) is 24.3 Å². The van der Waals surface area contributed by atoms with Crippen molar-refractivity contribution < 1.29 is 4.42 Å². The molecule has 0 N–H and O–H groups in total. The molecule has 0 aliphatic carbocycles. The lowest BCUT2D eigenvalue weighted by molar-refractivity contribution is 0.193. The van der Waals surface area contributed by atoms with Crippen LogP contribution in [0.25, 0.3) is 11.5 Å². The Morgan fingerprint density at radius 1 is 1.08 bits per heavy atom. The summed E-state index contributed by atoms with van der Waals surface area (Å²) in [6, 6.07) is 11.9. The quantitative estimate of drug-likeness (QED) is 0.704. The molecule has 0 amide bonds. The first-order chi connectivity index (χ1) is 12.3. The van der Waals surface area contributed by atoms with E-state index >= 15 is 0 Å². The smallest absolute Gasteiger partial charge is 0.249 e. The lowest BCUT2D eigenvalue weighted by Gasteiger charge is -2.30. The van der Waals surface area contributed by atoms with Gasteiger partial charge >= 0.3 is 0 Å². The summed E-state index contributed by atoms with van der Waals surface area (Å²) >= 11 is 5.95. The molecule has 1 aliphatic heterocycles. The van der Waals surface area contributed by atoms with Crippen LogP contribution in [0.1, 0.15) is 30.2 Å². The second-order valence-corrected chi connectivity index (χ2v) is 6.80. The Bertz CT molecular complexity index is 811. The van der Waals surface area contributed by atoms with Gasteiger partial charge in [-0.05, 0) is 55.8 Å². The Balaban J connectivity index is 1.36. The van der Waals surface area contributed by atoms with E-state index in [1.54, 1.807) is 12.4 Å². The van der Waals surface area contributed by atoms with Crippen molar-refractivity contribution in [3.8, 4) is 11.5 Å². The summed E-state index contributed by atoms with van der Waals surface area (Å²) in [5.74, 6) is 1.62. The molecule has 3 heterocycles. The van der Waals surface area contributed by atoms with Crippen LogP contribution in [-0.4, -0.2) is 33.2 Å². The number of benzene rings is 1. The Kier molecular flexibility index (Phi) is 4.76. The molecule has 3 aromatic rings. The molecule has 1 fully saturated rings. The Morgan fingerprint density at radius 3 is 2.60 bits per heavy atom.